The molecule has 3 rings (SSSR count). The predicted octanol–water partition coefficient (Wildman–Crippen LogP) is 2.95. The highest BCUT2D eigenvalue weighted by Crippen LogP contribution is 2.45. The van der Waals surface area contributed by atoms with Crippen molar-refractivity contribution in [1.82, 2.24) is 0 Å². The maximum absolute atomic E-state index is 13.1. The summed E-state index contributed by atoms with van der Waals surface area (Å²) < 4.78 is 34.6. The van der Waals surface area contributed by atoms with Gasteiger partial charge >= 0.3 is 11.9 Å². The van der Waals surface area contributed by atoms with Crippen LogP contribution < -0.4 is 10.6 Å². The van der Waals surface area contributed by atoms with Crippen molar-refractivity contribution in [3.63, 3.8) is 0 Å². The number of anilines is 1. The number of carbonyl (C=O) groups is 2. The fraction of sp³-hybridized carbons (Fsp3) is 0.208. The second-order valence-electron chi connectivity index (χ2n) is 7.68. The number of esters is 2. The number of carbonyl (C=O) groups excluding carboxylic acids is 2. The largest absolute Gasteiger partial charge is 0.466 e. The third kappa shape index (κ3) is 4.60. The first kappa shape index (κ1) is 25.8. The lowest BCUT2D eigenvalue weighted by Gasteiger charge is -2.36. The van der Waals surface area contributed by atoms with Gasteiger partial charge in [-0.15, -0.1) is 0 Å². The van der Waals surface area contributed by atoms with Gasteiger partial charge in [0.05, 0.1) is 53.0 Å². The minimum Gasteiger partial charge on any atom is -0.466 e. The lowest BCUT2D eigenvalue weighted by Crippen LogP contribution is -2.41. The van der Waals surface area contributed by atoms with Crippen LogP contribution in [-0.4, -0.2) is 40.8 Å². The van der Waals surface area contributed by atoms with Gasteiger partial charge in [0.2, 0.25) is 0 Å². The summed E-state index contributed by atoms with van der Waals surface area (Å²) in [7, 11) is -1.46. The topological polar surface area (TPSA) is 140 Å². The number of aryl methyl sites for hydroxylation is 1. The van der Waals surface area contributed by atoms with E-state index >= 15 is 0 Å². The van der Waals surface area contributed by atoms with Gasteiger partial charge in [0, 0.05) is 6.26 Å². The van der Waals surface area contributed by atoms with Crippen molar-refractivity contribution in [3.05, 3.63) is 81.3 Å². The predicted molar refractivity (Wildman–Crippen MR) is 129 cm³/mol. The summed E-state index contributed by atoms with van der Waals surface area (Å²) in [5.74, 6) is -3.15. The second kappa shape index (κ2) is 9.82. The zero-order valence-corrected chi connectivity index (χ0v) is 20.9. The summed E-state index contributed by atoms with van der Waals surface area (Å²) in [6.45, 7) is 1.57. The molecule has 2 N–H and O–H groups in total. The summed E-state index contributed by atoms with van der Waals surface area (Å²) in [5.41, 5.74) is 6.65. The van der Waals surface area contributed by atoms with Crippen LogP contribution in [0.15, 0.2) is 70.0 Å². The Morgan fingerprint density at radius 3 is 2.23 bits per heavy atom. The van der Waals surface area contributed by atoms with Gasteiger partial charge in [-0.1, -0.05) is 41.9 Å². The van der Waals surface area contributed by atoms with Gasteiger partial charge in [-0.3, -0.25) is 4.90 Å². The van der Waals surface area contributed by atoms with Crippen LogP contribution in [-0.2, 0) is 28.9 Å². The molecule has 11 heteroatoms. The molecule has 1 aliphatic heterocycles. The quantitative estimate of drug-likeness (QED) is 0.595. The highest BCUT2D eigenvalue weighted by molar-refractivity contribution is 7.90. The number of rotatable bonds is 5. The van der Waals surface area contributed by atoms with Gasteiger partial charge in [-0.2, -0.15) is 5.26 Å². The van der Waals surface area contributed by atoms with Crippen molar-refractivity contribution in [1.29, 1.82) is 5.26 Å². The molecule has 2 aromatic carbocycles. The molecule has 1 atom stereocenters. The fourth-order valence-electron chi connectivity index (χ4n) is 3.86. The number of halogens is 1. The molecule has 0 fully saturated rings. The van der Waals surface area contributed by atoms with Crippen molar-refractivity contribution in [2.75, 3.05) is 25.4 Å². The average Bonchev–Trinajstić information content (AvgIpc) is 2.83. The zero-order valence-electron chi connectivity index (χ0n) is 19.3. The van der Waals surface area contributed by atoms with E-state index in [9.17, 15) is 23.3 Å². The summed E-state index contributed by atoms with van der Waals surface area (Å²) in [5, 5.41) is 10.1. The van der Waals surface area contributed by atoms with Gasteiger partial charge < -0.3 is 15.2 Å². The number of nitrogens with zero attached hydrogens (tertiary/aromatic N) is 2. The third-order valence-corrected chi connectivity index (χ3v) is 7.07. The van der Waals surface area contributed by atoms with E-state index in [1.54, 1.807) is 37.3 Å². The first-order valence-electron chi connectivity index (χ1n) is 10.1. The summed E-state index contributed by atoms with van der Waals surface area (Å²) in [6.07, 6.45) is 1.01. The Morgan fingerprint density at radius 2 is 1.71 bits per heavy atom. The molecule has 1 heterocycles. The number of nitriles is 1. The van der Waals surface area contributed by atoms with Crippen LogP contribution >= 0.6 is 11.6 Å². The number of allylic oxidation sites excluding steroid dienone is 1. The maximum Gasteiger partial charge on any atom is 0.355 e. The molecule has 0 amide bonds. The van der Waals surface area contributed by atoms with E-state index in [1.165, 1.54) is 12.1 Å². The highest BCUT2D eigenvalue weighted by atomic mass is 35.5. The number of ether oxygens (including phenoxy) is 2. The summed E-state index contributed by atoms with van der Waals surface area (Å²) in [6, 6.07) is 13.1. The molecular formula is C24H22ClN3O6S. The van der Waals surface area contributed by atoms with Crippen molar-refractivity contribution in [2.45, 2.75) is 17.7 Å². The van der Waals surface area contributed by atoms with Gasteiger partial charge in [0.1, 0.15) is 11.5 Å². The Balaban J connectivity index is 2.52. The van der Waals surface area contributed by atoms with Crippen LogP contribution in [0.3, 0.4) is 0 Å². The molecule has 0 spiro atoms. The molecule has 182 valence electrons. The first-order chi connectivity index (χ1) is 16.5. The fourth-order valence-corrected chi connectivity index (χ4v) is 4.77. The van der Waals surface area contributed by atoms with Crippen LogP contribution in [0.4, 0.5) is 5.69 Å². The standard InChI is InChI=1S/C24H22ClN3O6S/c1-13-10-15(35(4,31)32)11-17(20(13)25)28-21(24(30)34-3)19(23(29)33-2)18(16(12-26)22(28)27)14-8-6-5-7-9-14/h5-11,18H,27H2,1-4H3. The average molecular weight is 516 g/mol. The lowest BCUT2D eigenvalue weighted by molar-refractivity contribution is -0.139. The minimum absolute atomic E-state index is 0.0225. The van der Waals surface area contributed by atoms with E-state index in [1.807, 2.05) is 6.07 Å². The molecule has 0 aromatic heterocycles. The molecule has 0 radical (unpaired) electrons. The Bertz CT molecular complexity index is 1430. The molecule has 0 saturated heterocycles. The number of benzene rings is 2. The van der Waals surface area contributed by atoms with Gasteiger partial charge in [-0.25, -0.2) is 18.0 Å². The Morgan fingerprint density at radius 1 is 1.11 bits per heavy atom. The minimum atomic E-state index is -3.70. The number of sulfone groups is 1. The van der Waals surface area contributed by atoms with Gasteiger partial charge in [-0.05, 0) is 30.2 Å². The molecule has 1 unspecified atom stereocenters. The van der Waals surface area contributed by atoms with Gasteiger partial charge in [0.25, 0.3) is 0 Å². The van der Waals surface area contributed by atoms with Crippen LogP contribution in [0, 0.1) is 18.3 Å². The monoisotopic (exact) mass is 515 g/mol. The van der Waals surface area contributed by atoms with Gasteiger partial charge in [0.15, 0.2) is 9.84 Å². The lowest BCUT2D eigenvalue weighted by atomic mass is 9.81. The Kier molecular flexibility index (Phi) is 7.24. The molecular weight excluding hydrogens is 494 g/mol. The van der Waals surface area contributed by atoms with E-state index in [0.29, 0.717) is 11.1 Å². The first-order valence-corrected chi connectivity index (χ1v) is 12.4. The number of nitrogens with two attached hydrogens (primary N) is 1. The molecule has 35 heavy (non-hydrogen) atoms. The summed E-state index contributed by atoms with van der Waals surface area (Å²) >= 11 is 6.54. The molecule has 0 aliphatic carbocycles. The molecule has 2 aromatic rings. The molecule has 9 nitrogen and oxygen atoms in total. The summed E-state index contributed by atoms with van der Waals surface area (Å²) in [4.78, 5) is 27.2. The van der Waals surface area contributed by atoms with Crippen LogP contribution in [0.5, 0.6) is 0 Å². The zero-order chi connectivity index (χ0) is 26.1. The van der Waals surface area contributed by atoms with Crippen molar-refractivity contribution in [2.24, 2.45) is 5.73 Å². The number of hydrogen-bond donors (Lipinski definition) is 1. The van der Waals surface area contributed by atoms with Crippen LogP contribution in [0.25, 0.3) is 0 Å². The second-order valence-corrected chi connectivity index (χ2v) is 10.1. The Hall–Kier alpha value is -3.81. The molecule has 1 aliphatic rings. The molecule has 0 bridgehead atoms. The van der Waals surface area contributed by atoms with Crippen molar-refractivity contribution < 1.29 is 27.5 Å². The van der Waals surface area contributed by atoms with E-state index in [-0.39, 0.29) is 38.3 Å². The van der Waals surface area contributed by atoms with E-state index < -0.39 is 27.7 Å². The number of methoxy groups -OCH3 is 2. The molecule has 0 saturated carbocycles. The SMILES string of the molecule is COC(=O)C1=C(C(=O)OC)N(c2cc(S(C)(=O)=O)cc(C)c2Cl)C(N)=C(C#N)C1c1ccccc1. The normalized spacial score (nSPS) is 16.1. The smallest absolute Gasteiger partial charge is 0.355 e. The van der Waals surface area contributed by atoms with Crippen LogP contribution in [0.2, 0.25) is 5.02 Å². The van der Waals surface area contributed by atoms with Crippen molar-refractivity contribution in [3.8, 4) is 6.07 Å². The third-order valence-electron chi connectivity index (χ3n) is 5.49. The highest BCUT2D eigenvalue weighted by Gasteiger charge is 2.43. The number of hydrogen-bond acceptors (Lipinski definition) is 9. The van der Waals surface area contributed by atoms with E-state index in [0.717, 1.165) is 25.4 Å². The maximum atomic E-state index is 13.1. The van der Waals surface area contributed by atoms with Crippen LogP contribution in [0.1, 0.15) is 17.0 Å². The van der Waals surface area contributed by atoms with E-state index in [2.05, 4.69) is 0 Å². The van der Waals surface area contributed by atoms with E-state index in [4.69, 9.17) is 26.8 Å². The van der Waals surface area contributed by atoms with Crippen molar-refractivity contribution >= 4 is 39.1 Å². The Labute approximate surface area is 207 Å².